The van der Waals surface area contributed by atoms with E-state index >= 15 is 0 Å². The van der Waals surface area contributed by atoms with Gasteiger partial charge in [-0.2, -0.15) is 0 Å². The normalized spacial score (nSPS) is 33.2. The third kappa shape index (κ3) is 7.82. The summed E-state index contributed by atoms with van der Waals surface area (Å²) in [6.07, 6.45) is 13.1. The van der Waals surface area contributed by atoms with E-state index in [0.717, 1.165) is 50.4 Å². The molecule has 266 valence electrons. The molecule has 0 aromatic heterocycles. The second-order valence-electron chi connectivity index (χ2n) is 16.5. The quantitative estimate of drug-likeness (QED) is 0.247. The van der Waals surface area contributed by atoms with Crippen molar-refractivity contribution in [1.82, 2.24) is 0 Å². The van der Waals surface area contributed by atoms with Crippen molar-refractivity contribution in [2.75, 3.05) is 11.5 Å². The first-order chi connectivity index (χ1) is 22.7. The van der Waals surface area contributed by atoms with Crippen LogP contribution in [0.4, 0.5) is 0 Å². The van der Waals surface area contributed by atoms with Gasteiger partial charge in [-0.05, 0) is 128 Å². The summed E-state index contributed by atoms with van der Waals surface area (Å²) in [7, 11) is -6.36. The summed E-state index contributed by atoms with van der Waals surface area (Å²) in [6, 6.07) is 17.6. The third-order valence-corrected chi connectivity index (χ3v) is 17.3. The average molecular weight is 697 g/mol. The molecule has 4 aliphatic rings. The number of sulfone groups is 2. The van der Waals surface area contributed by atoms with E-state index in [1.807, 2.05) is 24.3 Å². The molecule has 0 aliphatic heterocycles. The van der Waals surface area contributed by atoms with Crippen LogP contribution in [-0.4, -0.2) is 34.1 Å². The Labute approximate surface area is 291 Å². The van der Waals surface area contributed by atoms with Crippen molar-refractivity contribution in [1.29, 1.82) is 0 Å². The predicted molar refractivity (Wildman–Crippen MR) is 195 cm³/mol. The lowest BCUT2D eigenvalue weighted by Gasteiger charge is -2.46. The Balaban J connectivity index is 0.000000188. The van der Waals surface area contributed by atoms with Crippen molar-refractivity contribution < 1.29 is 21.6 Å². The molecule has 0 N–H and O–H groups in total. The Bertz CT molecular complexity index is 1590. The fourth-order valence-electron chi connectivity index (χ4n) is 11.0. The SMILES string of the molecule is C[C@H](CCS(=O)(=O)c1ccccc1)[C@H]1CC[C@H]2C(=O)CCC[C@]12C.C[C@H](CCS(=O)(=O)c1ccccc1)[C@H]1CC[C@H]2[C@@H](C)CCC[C@]12C. The van der Waals surface area contributed by atoms with E-state index in [-0.39, 0.29) is 22.8 Å². The molecule has 9 atom stereocenters. The molecule has 0 saturated heterocycles. The molecule has 0 heterocycles. The summed E-state index contributed by atoms with van der Waals surface area (Å²) in [5, 5.41) is 0. The number of carbonyl (C=O) groups is 1. The molecule has 4 fully saturated rings. The van der Waals surface area contributed by atoms with Gasteiger partial charge < -0.3 is 0 Å². The van der Waals surface area contributed by atoms with Gasteiger partial charge in [0.05, 0.1) is 21.3 Å². The number of benzene rings is 2. The molecule has 0 bridgehead atoms. The molecular formula is C41H60O5S2. The summed E-state index contributed by atoms with van der Waals surface area (Å²) in [6.45, 7) is 11.7. The zero-order chi connectivity index (χ0) is 34.7. The largest absolute Gasteiger partial charge is 0.299 e. The van der Waals surface area contributed by atoms with Gasteiger partial charge in [0, 0.05) is 12.3 Å². The number of hydrogen-bond donors (Lipinski definition) is 0. The molecule has 7 heteroatoms. The maximum Gasteiger partial charge on any atom is 0.178 e. The topological polar surface area (TPSA) is 85.3 Å². The van der Waals surface area contributed by atoms with E-state index in [4.69, 9.17) is 0 Å². The molecule has 5 nitrogen and oxygen atoms in total. The first kappa shape index (κ1) is 37.3. The van der Waals surface area contributed by atoms with Gasteiger partial charge in [0.2, 0.25) is 0 Å². The highest BCUT2D eigenvalue weighted by atomic mass is 32.2. The second kappa shape index (κ2) is 15.1. The van der Waals surface area contributed by atoms with Crippen LogP contribution in [0.5, 0.6) is 0 Å². The standard InChI is InChI=1S/C21H32O2S.C20H28O3S/c1-16-8-7-14-21(3)19(16)11-12-20(21)17(2)13-15-24(22,23)18-9-5-4-6-10-18;1-15(12-14-24(22,23)16-7-4-3-5-8-16)17-10-11-18-19(21)9-6-13-20(17,18)2/h4-6,9-10,16-17,19-20H,7-8,11-15H2,1-3H3;3-5,7-8,15,17-18H,6,9-14H2,1-2H3/t16-,17+,19-,20+,21-;15-,17-,18+,20-/m01/s1. The summed E-state index contributed by atoms with van der Waals surface area (Å²) >= 11 is 0. The molecule has 0 radical (unpaired) electrons. The maximum absolute atomic E-state index is 12.6. The summed E-state index contributed by atoms with van der Waals surface area (Å²) in [5.41, 5.74) is 0.527. The second-order valence-corrected chi connectivity index (χ2v) is 20.7. The van der Waals surface area contributed by atoms with E-state index in [0.29, 0.717) is 51.1 Å². The molecule has 0 spiro atoms. The zero-order valence-electron chi connectivity index (χ0n) is 30.1. The summed E-state index contributed by atoms with van der Waals surface area (Å²) in [5.74, 6) is 4.81. The maximum atomic E-state index is 12.6. The number of carbonyl (C=O) groups excluding carboxylic acids is 1. The third-order valence-electron chi connectivity index (χ3n) is 13.7. The molecule has 4 aliphatic carbocycles. The van der Waals surface area contributed by atoms with Crippen molar-refractivity contribution in [3.8, 4) is 0 Å². The van der Waals surface area contributed by atoms with E-state index in [1.165, 1.54) is 32.1 Å². The van der Waals surface area contributed by atoms with Crippen molar-refractivity contribution >= 4 is 25.5 Å². The minimum absolute atomic E-state index is 0.0886. The number of rotatable bonds is 10. The highest BCUT2D eigenvalue weighted by Crippen LogP contribution is 2.60. The fourth-order valence-corrected chi connectivity index (χ4v) is 14.0. The van der Waals surface area contributed by atoms with Crippen molar-refractivity contribution in [3.63, 3.8) is 0 Å². The fraction of sp³-hybridized carbons (Fsp3) is 0.683. The molecule has 48 heavy (non-hydrogen) atoms. The molecule has 4 saturated carbocycles. The van der Waals surface area contributed by atoms with Crippen LogP contribution in [0.1, 0.15) is 112 Å². The average Bonchev–Trinajstić information content (AvgIpc) is 3.62. The molecule has 0 amide bonds. The highest BCUT2D eigenvalue weighted by Gasteiger charge is 2.53. The Morgan fingerprint density at radius 3 is 1.69 bits per heavy atom. The lowest BCUT2D eigenvalue weighted by atomic mass is 9.59. The van der Waals surface area contributed by atoms with Gasteiger partial charge in [0.25, 0.3) is 0 Å². The molecule has 2 aromatic carbocycles. The number of Topliss-reactive ketones (excluding diaryl/α,β-unsaturated/α-hetero) is 1. The van der Waals surface area contributed by atoms with Crippen LogP contribution in [0.2, 0.25) is 0 Å². The van der Waals surface area contributed by atoms with E-state index in [2.05, 4.69) is 34.6 Å². The zero-order valence-corrected chi connectivity index (χ0v) is 31.7. The van der Waals surface area contributed by atoms with E-state index in [1.54, 1.807) is 36.4 Å². The van der Waals surface area contributed by atoms with Gasteiger partial charge >= 0.3 is 0 Å². The van der Waals surface area contributed by atoms with Crippen LogP contribution in [0.15, 0.2) is 70.5 Å². The Kier molecular flexibility index (Phi) is 11.7. The number of hydrogen-bond acceptors (Lipinski definition) is 5. The van der Waals surface area contributed by atoms with E-state index in [9.17, 15) is 21.6 Å². The smallest absolute Gasteiger partial charge is 0.178 e. The number of fused-ring (bicyclic) bond motifs is 2. The predicted octanol–water partition coefficient (Wildman–Crippen LogP) is 9.61. The van der Waals surface area contributed by atoms with Crippen molar-refractivity contribution in [2.24, 2.45) is 52.3 Å². The van der Waals surface area contributed by atoms with Gasteiger partial charge in [0.1, 0.15) is 5.78 Å². The van der Waals surface area contributed by atoms with Crippen LogP contribution in [0, 0.1) is 52.3 Å². The lowest BCUT2D eigenvalue weighted by molar-refractivity contribution is -0.130. The van der Waals surface area contributed by atoms with Gasteiger partial charge in [-0.1, -0.05) is 83.9 Å². The van der Waals surface area contributed by atoms with Crippen LogP contribution in [-0.2, 0) is 24.5 Å². The van der Waals surface area contributed by atoms with E-state index < -0.39 is 19.7 Å². The minimum atomic E-state index is -3.21. The first-order valence-electron chi connectivity index (χ1n) is 18.8. The van der Waals surface area contributed by atoms with Crippen LogP contribution in [0.25, 0.3) is 0 Å². The van der Waals surface area contributed by atoms with Gasteiger partial charge in [-0.3, -0.25) is 4.79 Å². The van der Waals surface area contributed by atoms with Crippen molar-refractivity contribution in [3.05, 3.63) is 60.7 Å². The van der Waals surface area contributed by atoms with Crippen LogP contribution >= 0.6 is 0 Å². The highest BCUT2D eigenvalue weighted by molar-refractivity contribution is 7.91. The van der Waals surface area contributed by atoms with Crippen molar-refractivity contribution in [2.45, 2.75) is 121 Å². The molecule has 0 unspecified atom stereocenters. The Morgan fingerprint density at radius 1 is 0.667 bits per heavy atom. The van der Waals surface area contributed by atoms with Gasteiger partial charge in [-0.15, -0.1) is 0 Å². The first-order valence-corrected chi connectivity index (χ1v) is 22.1. The Morgan fingerprint density at radius 2 is 1.15 bits per heavy atom. The molecular weight excluding hydrogens is 637 g/mol. The molecule has 2 aromatic rings. The number of ketones is 1. The lowest BCUT2D eigenvalue weighted by Crippen LogP contribution is -2.39. The monoisotopic (exact) mass is 696 g/mol. The van der Waals surface area contributed by atoms with Gasteiger partial charge in [0.15, 0.2) is 19.7 Å². The summed E-state index contributed by atoms with van der Waals surface area (Å²) < 4.78 is 50.2. The molecule has 6 rings (SSSR count). The minimum Gasteiger partial charge on any atom is -0.299 e. The van der Waals surface area contributed by atoms with Crippen LogP contribution in [0.3, 0.4) is 0 Å². The van der Waals surface area contributed by atoms with Gasteiger partial charge in [-0.25, -0.2) is 16.8 Å². The Hall–Kier alpha value is -1.99. The summed E-state index contributed by atoms with van der Waals surface area (Å²) in [4.78, 5) is 13.1. The van der Waals surface area contributed by atoms with Crippen LogP contribution < -0.4 is 0 Å².